The van der Waals surface area contributed by atoms with E-state index in [-0.39, 0.29) is 17.8 Å². The van der Waals surface area contributed by atoms with E-state index in [9.17, 15) is 13.6 Å². The summed E-state index contributed by atoms with van der Waals surface area (Å²) in [6.07, 6.45) is -1.30. The zero-order chi connectivity index (χ0) is 17.8. The minimum Gasteiger partial charge on any atom is -0.472 e. The molecule has 1 amide bonds. The van der Waals surface area contributed by atoms with Crippen LogP contribution in [0.15, 0.2) is 42.6 Å². The molecule has 0 saturated heterocycles. The fraction of sp³-hybridized carbons (Fsp3) is 0.235. The van der Waals surface area contributed by atoms with Crippen LogP contribution in [0.3, 0.4) is 0 Å². The summed E-state index contributed by atoms with van der Waals surface area (Å²) in [6.45, 7) is 1.07. The van der Waals surface area contributed by atoms with Crippen molar-refractivity contribution in [3.05, 3.63) is 54.0 Å². The normalized spacial score (nSPS) is 12.3. The molecule has 1 unspecified atom stereocenters. The topological polar surface area (TPSA) is 79.9 Å². The number of hydrogen-bond donors (Lipinski definition) is 2. The van der Waals surface area contributed by atoms with Crippen LogP contribution in [-0.2, 0) is 0 Å². The summed E-state index contributed by atoms with van der Waals surface area (Å²) in [7, 11) is 0. The maximum absolute atomic E-state index is 12.3. The second-order valence-electron chi connectivity index (χ2n) is 5.42. The van der Waals surface area contributed by atoms with Crippen molar-refractivity contribution in [2.45, 2.75) is 19.4 Å². The molecule has 1 aromatic carbocycles. The lowest BCUT2D eigenvalue weighted by Crippen LogP contribution is -2.27. The number of carbonyl (C=O) groups excluding carboxylic acids is 1. The molecule has 0 saturated carbocycles. The van der Waals surface area contributed by atoms with Crippen LogP contribution in [-0.4, -0.2) is 33.9 Å². The lowest BCUT2D eigenvalue weighted by molar-refractivity contribution is 0.0794. The van der Waals surface area contributed by atoms with Crippen molar-refractivity contribution in [3.8, 4) is 5.88 Å². The number of carbonyl (C=O) groups is 1. The first-order valence-electron chi connectivity index (χ1n) is 7.65. The van der Waals surface area contributed by atoms with E-state index in [1.54, 1.807) is 0 Å². The molecule has 0 aliphatic carbocycles. The van der Waals surface area contributed by atoms with Gasteiger partial charge in [-0.2, -0.15) is 0 Å². The number of amides is 1. The Hall–Kier alpha value is -3.03. The standard InChI is InChI=1S/C17H16F2N4O2/c1-10(16-22-12-4-2-3-5-13(12)23-16)21-17(24)11-6-7-15(20-8-11)25-9-14(18)19/h2-8,10,14H,9H2,1H3,(H,21,24)(H,22,23). The largest absolute Gasteiger partial charge is 0.472 e. The van der Waals surface area contributed by atoms with Crippen LogP contribution in [0.4, 0.5) is 8.78 Å². The molecule has 0 fully saturated rings. The molecule has 3 aromatic rings. The smallest absolute Gasteiger partial charge is 0.272 e. The fourth-order valence-electron chi connectivity index (χ4n) is 2.27. The summed E-state index contributed by atoms with van der Waals surface area (Å²) in [4.78, 5) is 23.7. The Morgan fingerprint density at radius 1 is 1.28 bits per heavy atom. The number of nitrogens with zero attached hydrogens (tertiary/aromatic N) is 2. The molecule has 1 atom stereocenters. The lowest BCUT2D eigenvalue weighted by atomic mass is 10.2. The van der Waals surface area contributed by atoms with Gasteiger partial charge in [-0.15, -0.1) is 0 Å². The number of imidazole rings is 1. The zero-order valence-electron chi connectivity index (χ0n) is 13.4. The molecule has 6 nitrogen and oxygen atoms in total. The zero-order valence-corrected chi connectivity index (χ0v) is 13.4. The van der Waals surface area contributed by atoms with Crippen LogP contribution < -0.4 is 10.1 Å². The van der Waals surface area contributed by atoms with E-state index in [2.05, 4.69) is 20.3 Å². The Morgan fingerprint density at radius 2 is 2.08 bits per heavy atom. The van der Waals surface area contributed by atoms with E-state index in [1.807, 2.05) is 31.2 Å². The molecule has 25 heavy (non-hydrogen) atoms. The molecule has 0 radical (unpaired) electrons. The summed E-state index contributed by atoms with van der Waals surface area (Å²) >= 11 is 0. The Bertz CT molecular complexity index is 831. The number of pyridine rings is 1. The van der Waals surface area contributed by atoms with Gasteiger partial charge in [-0.1, -0.05) is 12.1 Å². The van der Waals surface area contributed by atoms with Crippen LogP contribution >= 0.6 is 0 Å². The van der Waals surface area contributed by atoms with Gasteiger partial charge in [-0.25, -0.2) is 18.7 Å². The Morgan fingerprint density at radius 3 is 2.76 bits per heavy atom. The first-order valence-corrected chi connectivity index (χ1v) is 7.65. The summed E-state index contributed by atoms with van der Waals surface area (Å²) in [5, 5.41) is 2.81. The van der Waals surface area contributed by atoms with Crippen LogP contribution in [0.5, 0.6) is 5.88 Å². The first-order chi connectivity index (χ1) is 12.0. The highest BCUT2D eigenvalue weighted by atomic mass is 19.3. The molecule has 2 aromatic heterocycles. The van der Waals surface area contributed by atoms with E-state index in [0.29, 0.717) is 11.4 Å². The highest BCUT2D eigenvalue weighted by Gasteiger charge is 2.15. The van der Waals surface area contributed by atoms with Gasteiger partial charge < -0.3 is 15.0 Å². The summed E-state index contributed by atoms with van der Waals surface area (Å²) < 4.78 is 28.9. The van der Waals surface area contributed by atoms with Crippen LogP contribution in [0.25, 0.3) is 11.0 Å². The van der Waals surface area contributed by atoms with E-state index >= 15 is 0 Å². The van der Waals surface area contributed by atoms with E-state index in [1.165, 1.54) is 18.3 Å². The van der Waals surface area contributed by atoms with Gasteiger partial charge in [0.05, 0.1) is 22.6 Å². The third-order valence-corrected chi connectivity index (χ3v) is 3.52. The van der Waals surface area contributed by atoms with Gasteiger partial charge in [-0.3, -0.25) is 4.79 Å². The Kier molecular flexibility index (Phi) is 4.87. The van der Waals surface area contributed by atoms with Gasteiger partial charge in [0.2, 0.25) is 5.88 Å². The summed E-state index contributed by atoms with van der Waals surface area (Å²) in [5.41, 5.74) is 2.01. The Balaban J connectivity index is 1.64. The van der Waals surface area contributed by atoms with Crippen LogP contribution in [0, 0.1) is 0 Å². The van der Waals surface area contributed by atoms with Gasteiger partial charge in [0.15, 0.2) is 6.61 Å². The number of alkyl halides is 2. The highest BCUT2D eigenvalue weighted by molar-refractivity contribution is 5.94. The quantitative estimate of drug-likeness (QED) is 0.719. The maximum atomic E-state index is 12.3. The van der Waals surface area contributed by atoms with Crippen molar-refractivity contribution < 1.29 is 18.3 Å². The van der Waals surface area contributed by atoms with Crippen LogP contribution in [0.1, 0.15) is 29.1 Å². The number of halogens is 2. The molecule has 130 valence electrons. The second kappa shape index (κ2) is 7.25. The van der Waals surface area contributed by atoms with Gasteiger partial charge in [0.1, 0.15) is 5.82 Å². The number of nitrogens with one attached hydrogen (secondary N) is 2. The summed E-state index contributed by atoms with van der Waals surface area (Å²) in [6, 6.07) is 10.1. The number of hydrogen-bond acceptors (Lipinski definition) is 4. The number of para-hydroxylation sites is 2. The number of benzene rings is 1. The van der Waals surface area contributed by atoms with Crippen molar-refractivity contribution in [1.29, 1.82) is 0 Å². The van der Waals surface area contributed by atoms with Gasteiger partial charge in [0.25, 0.3) is 12.3 Å². The number of aromatic nitrogens is 3. The SMILES string of the molecule is CC(NC(=O)c1ccc(OCC(F)F)nc1)c1nc2ccccc2[nH]1. The first kappa shape index (κ1) is 16.8. The molecular weight excluding hydrogens is 330 g/mol. The molecule has 0 aliphatic rings. The predicted octanol–water partition coefficient (Wildman–Crippen LogP) is 3.09. The number of H-pyrrole nitrogens is 1. The molecule has 0 spiro atoms. The van der Waals surface area contributed by atoms with Crippen molar-refractivity contribution >= 4 is 16.9 Å². The minimum absolute atomic E-state index is 0.0437. The van der Waals surface area contributed by atoms with Crippen LogP contribution in [0.2, 0.25) is 0 Å². The van der Waals surface area contributed by atoms with Crippen molar-refractivity contribution in [2.24, 2.45) is 0 Å². The Labute approximate surface area is 142 Å². The number of ether oxygens (including phenoxy) is 1. The molecule has 2 N–H and O–H groups in total. The molecular formula is C17H16F2N4O2. The van der Waals surface area contributed by atoms with Gasteiger partial charge in [-0.05, 0) is 25.1 Å². The third-order valence-electron chi connectivity index (χ3n) is 3.52. The number of aromatic amines is 1. The fourth-order valence-corrected chi connectivity index (χ4v) is 2.27. The average molecular weight is 346 g/mol. The maximum Gasteiger partial charge on any atom is 0.272 e. The third kappa shape index (κ3) is 4.09. The van der Waals surface area contributed by atoms with Crippen molar-refractivity contribution in [2.75, 3.05) is 6.61 Å². The van der Waals surface area contributed by atoms with Crippen molar-refractivity contribution in [3.63, 3.8) is 0 Å². The lowest BCUT2D eigenvalue weighted by Gasteiger charge is -2.11. The minimum atomic E-state index is -2.57. The number of rotatable bonds is 6. The van der Waals surface area contributed by atoms with Gasteiger partial charge in [0, 0.05) is 12.3 Å². The van der Waals surface area contributed by atoms with E-state index in [4.69, 9.17) is 4.74 Å². The van der Waals surface area contributed by atoms with Crippen molar-refractivity contribution in [1.82, 2.24) is 20.3 Å². The molecule has 0 bridgehead atoms. The highest BCUT2D eigenvalue weighted by Crippen LogP contribution is 2.16. The molecule has 0 aliphatic heterocycles. The molecule has 2 heterocycles. The molecule has 8 heteroatoms. The summed E-state index contributed by atoms with van der Waals surface area (Å²) in [5.74, 6) is 0.336. The monoisotopic (exact) mass is 346 g/mol. The predicted molar refractivity (Wildman–Crippen MR) is 87.7 cm³/mol. The number of fused-ring (bicyclic) bond motifs is 1. The van der Waals surface area contributed by atoms with E-state index in [0.717, 1.165) is 11.0 Å². The van der Waals surface area contributed by atoms with E-state index < -0.39 is 13.0 Å². The molecule has 3 rings (SSSR count). The average Bonchev–Trinajstić information content (AvgIpc) is 3.04. The second-order valence-corrected chi connectivity index (χ2v) is 5.42. The van der Waals surface area contributed by atoms with Gasteiger partial charge >= 0.3 is 0 Å².